The summed E-state index contributed by atoms with van der Waals surface area (Å²) >= 11 is 0. The molecule has 0 rings (SSSR count). The Balaban J connectivity index is 3.93. The van der Waals surface area contributed by atoms with Gasteiger partial charge in [-0.25, -0.2) is 8.78 Å². The van der Waals surface area contributed by atoms with Crippen LogP contribution in [0.15, 0.2) is 11.4 Å². The molecule has 3 heteroatoms. The molecule has 0 spiro atoms. The molecule has 0 radical (unpaired) electrons. The third-order valence-electron chi connectivity index (χ3n) is 1.37. The molecule has 0 saturated carbocycles. The number of likely N-dealkylation sites (N-methyl/N-ethyl adjacent to an activating group) is 1. The summed E-state index contributed by atoms with van der Waals surface area (Å²) < 4.78 is 25.1. The molecule has 0 fully saturated rings. The van der Waals surface area contributed by atoms with E-state index in [1.807, 2.05) is 0 Å². The number of nitrogens with one attached hydrogen (secondary N) is 1. The van der Waals surface area contributed by atoms with Crippen molar-refractivity contribution >= 4 is 0 Å². The molecule has 0 aromatic rings. The first-order valence-electron chi connectivity index (χ1n) is 3.70. The van der Waals surface area contributed by atoms with Crippen LogP contribution in [0.3, 0.4) is 0 Å². The summed E-state index contributed by atoms with van der Waals surface area (Å²) in [5.41, 5.74) is 0.581. The fraction of sp³-hybridized carbons (Fsp3) is 0.750. The average Bonchev–Trinajstić information content (AvgIpc) is 1.86. The minimum Gasteiger partial charge on any atom is -0.316 e. The fourth-order valence-corrected chi connectivity index (χ4v) is 0.782. The maximum atomic E-state index is 12.8. The van der Waals surface area contributed by atoms with Crippen LogP contribution in [0.2, 0.25) is 0 Å². The molecule has 11 heavy (non-hydrogen) atoms. The molecule has 1 atom stereocenters. The highest BCUT2D eigenvalue weighted by molar-refractivity contribution is 5.07. The number of alkyl halides is 1. The minimum atomic E-state index is -1.10. The van der Waals surface area contributed by atoms with E-state index in [0.717, 1.165) is 0 Å². The summed E-state index contributed by atoms with van der Waals surface area (Å²) in [6, 6.07) is 0. The normalized spacial score (nSPS) is 16.1. The Morgan fingerprint density at radius 1 is 1.55 bits per heavy atom. The monoisotopic (exact) mass is 163 g/mol. The van der Waals surface area contributed by atoms with Gasteiger partial charge in [-0.3, -0.25) is 0 Å². The summed E-state index contributed by atoms with van der Waals surface area (Å²) in [4.78, 5) is 0. The molecule has 0 heterocycles. The zero-order valence-corrected chi connectivity index (χ0v) is 7.25. The van der Waals surface area contributed by atoms with Gasteiger partial charge in [-0.2, -0.15) is 0 Å². The van der Waals surface area contributed by atoms with E-state index in [2.05, 4.69) is 5.32 Å². The van der Waals surface area contributed by atoms with Crippen molar-refractivity contribution in [1.29, 1.82) is 0 Å². The highest BCUT2D eigenvalue weighted by atomic mass is 19.1. The van der Waals surface area contributed by atoms with Gasteiger partial charge in [-0.1, -0.05) is 0 Å². The highest BCUT2D eigenvalue weighted by Gasteiger charge is 2.05. The Labute approximate surface area is 66.5 Å². The molecule has 66 valence electrons. The molecular weight excluding hydrogens is 148 g/mol. The topological polar surface area (TPSA) is 12.0 Å². The molecule has 0 saturated heterocycles. The number of rotatable bonds is 4. The molecule has 0 bridgehead atoms. The van der Waals surface area contributed by atoms with Crippen molar-refractivity contribution in [3.63, 3.8) is 0 Å². The van der Waals surface area contributed by atoms with E-state index in [4.69, 9.17) is 0 Å². The summed E-state index contributed by atoms with van der Waals surface area (Å²) in [5.74, 6) is -0.339. The lowest BCUT2D eigenvalue weighted by Gasteiger charge is -2.03. The maximum absolute atomic E-state index is 12.8. The Kier molecular flexibility index (Phi) is 5.03. The second-order valence-electron chi connectivity index (χ2n) is 2.70. The smallest absolute Gasteiger partial charge is 0.104 e. The lowest BCUT2D eigenvalue weighted by atomic mass is 10.2. The largest absolute Gasteiger partial charge is 0.316 e. The Morgan fingerprint density at radius 2 is 2.09 bits per heavy atom. The number of hydrogen-bond donors (Lipinski definition) is 1. The van der Waals surface area contributed by atoms with E-state index in [9.17, 15) is 8.78 Å². The van der Waals surface area contributed by atoms with Crippen LogP contribution >= 0.6 is 0 Å². The molecule has 1 N–H and O–H groups in total. The molecule has 0 aromatic heterocycles. The van der Waals surface area contributed by atoms with Crippen LogP contribution in [0.1, 0.15) is 20.3 Å². The molecule has 0 aliphatic carbocycles. The minimum absolute atomic E-state index is 0.104. The SMILES string of the molecule is CNC/C(C)=C(\F)C[C@H](C)F. The van der Waals surface area contributed by atoms with Crippen LogP contribution in [0.25, 0.3) is 0 Å². The van der Waals surface area contributed by atoms with Crippen molar-refractivity contribution in [2.75, 3.05) is 13.6 Å². The van der Waals surface area contributed by atoms with E-state index >= 15 is 0 Å². The summed E-state index contributed by atoms with van der Waals surface area (Å²) in [5, 5.41) is 2.80. The van der Waals surface area contributed by atoms with Crippen LogP contribution in [0, 0.1) is 0 Å². The van der Waals surface area contributed by atoms with Gasteiger partial charge in [0, 0.05) is 13.0 Å². The van der Waals surface area contributed by atoms with Gasteiger partial charge >= 0.3 is 0 Å². The van der Waals surface area contributed by atoms with Crippen molar-refractivity contribution in [3.8, 4) is 0 Å². The summed E-state index contributed by atoms with van der Waals surface area (Å²) in [6.45, 7) is 3.50. The third-order valence-corrected chi connectivity index (χ3v) is 1.37. The van der Waals surface area contributed by atoms with Crippen molar-refractivity contribution in [1.82, 2.24) is 5.32 Å². The fourth-order valence-electron chi connectivity index (χ4n) is 0.782. The number of hydrogen-bond acceptors (Lipinski definition) is 1. The first-order chi connectivity index (χ1) is 5.07. The van der Waals surface area contributed by atoms with Gasteiger partial charge in [0.25, 0.3) is 0 Å². The number of allylic oxidation sites excluding steroid dienone is 1. The van der Waals surface area contributed by atoms with Crippen molar-refractivity contribution in [3.05, 3.63) is 11.4 Å². The van der Waals surface area contributed by atoms with Gasteiger partial charge in [-0.05, 0) is 26.5 Å². The molecular formula is C8H15F2N. The zero-order chi connectivity index (χ0) is 8.85. The van der Waals surface area contributed by atoms with Gasteiger partial charge in [0.05, 0.1) is 0 Å². The van der Waals surface area contributed by atoms with Crippen LogP contribution in [-0.2, 0) is 0 Å². The summed E-state index contributed by atoms with van der Waals surface area (Å²) in [7, 11) is 1.73. The van der Waals surface area contributed by atoms with E-state index in [0.29, 0.717) is 12.1 Å². The first-order valence-corrected chi connectivity index (χ1v) is 3.70. The lowest BCUT2D eigenvalue weighted by Crippen LogP contribution is -2.10. The maximum Gasteiger partial charge on any atom is 0.104 e. The van der Waals surface area contributed by atoms with Crippen molar-refractivity contribution < 1.29 is 8.78 Å². The van der Waals surface area contributed by atoms with Crippen LogP contribution < -0.4 is 5.32 Å². The van der Waals surface area contributed by atoms with E-state index in [1.54, 1.807) is 14.0 Å². The first kappa shape index (κ1) is 10.6. The standard InChI is InChI=1S/C8H15F2N/c1-6(5-11-3)8(10)4-7(2)9/h7,11H,4-5H2,1-3H3/b8-6-/t7-/m0/s1. The quantitative estimate of drug-likeness (QED) is 0.670. The molecule has 0 aromatic carbocycles. The third kappa shape index (κ3) is 4.90. The molecule has 0 unspecified atom stereocenters. The Morgan fingerprint density at radius 3 is 2.45 bits per heavy atom. The van der Waals surface area contributed by atoms with Crippen LogP contribution in [-0.4, -0.2) is 19.8 Å². The molecule has 0 amide bonds. The van der Waals surface area contributed by atoms with Crippen molar-refractivity contribution in [2.45, 2.75) is 26.4 Å². The average molecular weight is 163 g/mol. The van der Waals surface area contributed by atoms with Gasteiger partial charge < -0.3 is 5.32 Å². The van der Waals surface area contributed by atoms with E-state index in [-0.39, 0.29) is 12.2 Å². The predicted molar refractivity (Wildman–Crippen MR) is 42.9 cm³/mol. The Bertz CT molecular complexity index is 141. The van der Waals surface area contributed by atoms with Crippen LogP contribution in [0.4, 0.5) is 8.78 Å². The second kappa shape index (κ2) is 5.24. The summed E-state index contributed by atoms with van der Waals surface area (Å²) in [6.07, 6.45) is -1.20. The van der Waals surface area contributed by atoms with Gasteiger partial charge in [0.15, 0.2) is 0 Å². The zero-order valence-electron chi connectivity index (χ0n) is 7.25. The lowest BCUT2D eigenvalue weighted by molar-refractivity contribution is 0.336. The number of halogens is 2. The second-order valence-corrected chi connectivity index (χ2v) is 2.70. The molecule has 1 nitrogen and oxygen atoms in total. The predicted octanol–water partition coefficient (Wildman–Crippen LogP) is 2.20. The Hall–Kier alpha value is -0.440. The van der Waals surface area contributed by atoms with Gasteiger partial charge in [0.2, 0.25) is 0 Å². The molecule has 0 aliphatic heterocycles. The van der Waals surface area contributed by atoms with Gasteiger partial charge in [-0.15, -0.1) is 0 Å². The van der Waals surface area contributed by atoms with E-state index < -0.39 is 6.17 Å². The van der Waals surface area contributed by atoms with Crippen molar-refractivity contribution in [2.24, 2.45) is 0 Å². The molecule has 0 aliphatic rings. The highest BCUT2D eigenvalue weighted by Crippen LogP contribution is 2.13. The van der Waals surface area contributed by atoms with Crippen LogP contribution in [0.5, 0.6) is 0 Å². The van der Waals surface area contributed by atoms with Gasteiger partial charge in [0.1, 0.15) is 12.0 Å². The van der Waals surface area contributed by atoms with E-state index in [1.165, 1.54) is 6.92 Å².